The average Bonchev–Trinajstić information content (AvgIpc) is 3.64. The Morgan fingerprint density at radius 1 is 1.13 bits per heavy atom. The molecule has 1 aromatic heterocycles. The summed E-state index contributed by atoms with van der Waals surface area (Å²) in [6, 6.07) is 24.9. The molecule has 39 heavy (non-hydrogen) atoms. The van der Waals surface area contributed by atoms with Gasteiger partial charge in [-0.2, -0.15) is 5.26 Å². The molecule has 1 aliphatic heterocycles. The summed E-state index contributed by atoms with van der Waals surface area (Å²) in [7, 11) is 1.65. The van der Waals surface area contributed by atoms with Gasteiger partial charge in [-0.05, 0) is 67.1 Å². The van der Waals surface area contributed by atoms with E-state index in [0.717, 1.165) is 29.5 Å². The van der Waals surface area contributed by atoms with Gasteiger partial charge in [-0.25, -0.2) is 0 Å². The Labute approximate surface area is 228 Å². The molecule has 0 saturated carbocycles. The molecule has 4 aromatic rings. The largest absolute Gasteiger partial charge is 0.419 e. The molecule has 8 heteroatoms. The van der Waals surface area contributed by atoms with E-state index in [-0.39, 0.29) is 17.8 Å². The van der Waals surface area contributed by atoms with Crippen LogP contribution in [0.25, 0.3) is 22.6 Å². The van der Waals surface area contributed by atoms with Crippen molar-refractivity contribution in [3.63, 3.8) is 0 Å². The topological polar surface area (TPSA) is 118 Å². The van der Waals surface area contributed by atoms with Crippen LogP contribution in [0.5, 0.6) is 0 Å². The minimum Gasteiger partial charge on any atom is -0.419 e. The Kier molecular flexibility index (Phi) is 7.55. The van der Waals surface area contributed by atoms with Crippen LogP contribution in [0.4, 0.5) is 0 Å². The van der Waals surface area contributed by atoms with Gasteiger partial charge in [0.1, 0.15) is 0 Å². The average molecular weight is 522 g/mol. The SMILES string of the molecule is COCC1CCCN1C(=O)c1cc(-c2nnc(C(C)(N)Cc3ccccc3)o2)cc(-c2ccccc2C#N)c1. The van der Waals surface area contributed by atoms with Crippen molar-refractivity contribution < 1.29 is 13.9 Å². The lowest BCUT2D eigenvalue weighted by molar-refractivity contribution is 0.0630. The molecule has 2 heterocycles. The maximum atomic E-state index is 13.7. The van der Waals surface area contributed by atoms with Gasteiger partial charge in [0.05, 0.1) is 29.8 Å². The molecular weight excluding hydrogens is 490 g/mol. The van der Waals surface area contributed by atoms with Crippen molar-refractivity contribution in [2.45, 2.75) is 37.8 Å². The van der Waals surface area contributed by atoms with Gasteiger partial charge in [0.2, 0.25) is 11.8 Å². The highest BCUT2D eigenvalue weighted by molar-refractivity contribution is 5.97. The zero-order valence-corrected chi connectivity index (χ0v) is 22.1. The van der Waals surface area contributed by atoms with Crippen LogP contribution >= 0.6 is 0 Å². The zero-order valence-electron chi connectivity index (χ0n) is 22.1. The van der Waals surface area contributed by atoms with Gasteiger partial charge in [0.15, 0.2) is 0 Å². The fraction of sp³-hybridized carbons (Fsp3) is 0.290. The lowest BCUT2D eigenvalue weighted by atomic mass is 9.94. The Morgan fingerprint density at radius 3 is 2.64 bits per heavy atom. The van der Waals surface area contributed by atoms with E-state index in [4.69, 9.17) is 14.9 Å². The number of rotatable bonds is 8. The molecule has 3 aromatic carbocycles. The number of nitrogens with two attached hydrogens (primary N) is 1. The smallest absolute Gasteiger partial charge is 0.254 e. The first-order valence-corrected chi connectivity index (χ1v) is 13.0. The third-order valence-electron chi connectivity index (χ3n) is 7.11. The van der Waals surface area contributed by atoms with E-state index in [2.05, 4.69) is 16.3 Å². The number of methoxy groups -OCH3 is 1. The van der Waals surface area contributed by atoms with Gasteiger partial charge in [0, 0.05) is 24.8 Å². The van der Waals surface area contributed by atoms with Gasteiger partial charge in [-0.3, -0.25) is 4.79 Å². The second kappa shape index (κ2) is 11.2. The number of carbonyl (C=O) groups is 1. The van der Waals surface area contributed by atoms with Gasteiger partial charge in [-0.1, -0.05) is 48.5 Å². The van der Waals surface area contributed by atoms with E-state index >= 15 is 0 Å². The monoisotopic (exact) mass is 521 g/mol. The first-order valence-electron chi connectivity index (χ1n) is 13.0. The van der Waals surface area contributed by atoms with Crippen LogP contribution in [-0.2, 0) is 16.7 Å². The summed E-state index contributed by atoms with van der Waals surface area (Å²) < 4.78 is 11.5. The lowest BCUT2D eigenvalue weighted by Crippen LogP contribution is -2.38. The van der Waals surface area contributed by atoms with E-state index < -0.39 is 5.54 Å². The van der Waals surface area contributed by atoms with Crippen LogP contribution in [0.2, 0.25) is 0 Å². The Morgan fingerprint density at radius 2 is 1.87 bits per heavy atom. The summed E-state index contributed by atoms with van der Waals surface area (Å²) in [5.74, 6) is 0.464. The highest BCUT2D eigenvalue weighted by Gasteiger charge is 2.31. The van der Waals surface area contributed by atoms with Crippen molar-refractivity contribution in [3.05, 3.63) is 95.4 Å². The summed E-state index contributed by atoms with van der Waals surface area (Å²) in [6.45, 7) is 3.01. The van der Waals surface area contributed by atoms with E-state index in [0.29, 0.717) is 42.2 Å². The third-order valence-corrected chi connectivity index (χ3v) is 7.11. The van der Waals surface area contributed by atoms with E-state index in [1.54, 1.807) is 19.2 Å². The van der Waals surface area contributed by atoms with Crippen LogP contribution in [0.1, 0.15) is 47.1 Å². The first kappa shape index (κ1) is 26.3. The van der Waals surface area contributed by atoms with Crippen molar-refractivity contribution in [3.8, 4) is 28.7 Å². The van der Waals surface area contributed by atoms with Crippen molar-refractivity contribution in [2.24, 2.45) is 5.73 Å². The predicted molar refractivity (Wildman–Crippen MR) is 148 cm³/mol. The number of aromatic nitrogens is 2. The Bertz CT molecular complexity index is 1510. The molecule has 1 fully saturated rings. The van der Waals surface area contributed by atoms with Crippen molar-refractivity contribution in [2.75, 3.05) is 20.3 Å². The van der Waals surface area contributed by atoms with Crippen molar-refractivity contribution >= 4 is 5.91 Å². The fourth-order valence-corrected chi connectivity index (χ4v) is 5.16. The zero-order chi connectivity index (χ0) is 27.4. The standard InChI is InChI=1S/C31H31N5O3/c1-31(33,18-21-9-4-3-5-10-21)30-35-34-28(39-30)24-15-23(27-13-7-6-11-22(27)19-32)16-25(17-24)29(37)36-14-8-12-26(36)20-38-2/h3-7,9-11,13,15-17,26H,8,12,14,18,20,33H2,1-2H3. The Hall–Kier alpha value is -4.32. The molecule has 1 aliphatic rings. The quantitative estimate of drug-likeness (QED) is 0.349. The van der Waals surface area contributed by atoms with Crippen LogP contribution in [0, 0.1) is 11.3 Å². The molecule has 0 radical (unpaired) electrons. The highest BCUT2D eigenvalue weighted by Crippen LogP contribution is 2.33. The van der Waals surface area contributed by atoms with Crippen LogP contribution < -0.4 is 5.73 Å². The number of benzene rings is 3. The fourth-order valence-electron chi connectivity index (χ4n) is 5.16. The van der Waals surface area contributed by atoms with Gasteiger partial charge >= 0.3 is 0 Å². The Balaban J connectivity index is 1.55. The molecule has 8 nitrogen and oxygen atoms in total. The molecule has 0 spiro atoms. The first-order chi connectivity index (χ1) is 18.9. The lowest BCUT2D eigenvalue weighted by Gasteiger charge is -2.24. The second-order valence-corrected chi connectivity index (χ2v) is 10.2. The number of ether oxygens (including phenoxy) is 1. The number of nitriles is 1. The van der Waals surface area contributed by atoms with Crippen LogP contribution in [-0.4, -0.2) is 47.3 Å². The minimum atomic E-state index is -0.890. The number of carbonyl (C=O) groups excluding carboxylic acids is 1. The molecule has 2 atom stereocenters. The molecule has 2 unspecified atom stereocenters. The maximum absolute atomic E-state index is 13.7. The van der Waals surface area contributed by atoms with E-state index in [1.165, 1.54) is 0 Å². The summed E-state index contributed by atoms with van der Waals surface area (Å²) in [6.07, 6.45) is 2.34. The molecule has 5 rings (SSSR count). The summed E-state index contributed by atoms with van der Waals surface area (Å²) in [4.78, 5) is 15.6. The van der Waals surface area contributed by atoms with Crippen LogP contribution in [0.15, 0.2) is 77.2 Å². The number of hydrogen-bond donors (Lipinski definition) is 1. The molecule has 2 N–H and O–H groups in total. The molecule has 1 saturated heterocycles. The van der Waals surface area contributed by atoms with E-state index in [1.807, 2.05) is 72.5 Å². The summed E-state index contributed by atoms with van der Waals surface area (Å²) in [5, 5.41) is 18.3. The minimum absolute atomic E-state index is 0.0203. The number of nitrogens with zero attached hydrogens (tertiary/aromatic N) is 4. The predicted octanol–water partition coefficient (Wildman–Crippen LogP) is 4.94. The van der Waals surface area contributed by atoms with Gasteiger partial charge < -0.3 is 19.8 Å². The van der Waals surface area contributed by atoms with Crippen molar-refractivity contribution in [1.29, 1.82) is 5.26 Å². The van der Waals surface area contributed by atoms with Crippen molar-refractivity contribution in [1.82, 2.24) is 15.1 Å². The summed E-state index contributed by atoms with van der Waals surface area (Å²) in [5.41, 5.74) is 9.80. The molecule has 0 aliphatic carbocycles. The third kappa shape index (κ3) is 5.60. The summed E-state index contributed by atoms with van der Waals surface area (Å²) >= 11 is 0. The molecule has 198 valence electrons. The highest BCUT2D eigenvalue weighted by atomic mass is 16.5. The van der Waals surface area contributed by atoms with E-state index in [9.17, 15) is 10.1 Å². The molecule has 1 amide bonds. The maximum Gasteiger partial charge on any atom is 0.254 e. The second-order valence-electron chi connectivity index (χ2n) is 10.2. The number of hydrogen-bond acceptors (Lipinski definition) is 7. The molecular formula is C31H31N5O3. The van der Waals surface area contributed by atoms with Crippen LogP contribution in [0.3, 0.4) is 0 Å². The molecule has 0 bridgehead atoms. The van der Waals surface area contributed by atoms with Gasteiger partial charge in [0.25, 0.3) is 5.91 Å². The normalized spacial score (nSPS) is 16.6. The van der Waals surface area contributed by atoms with Gasteiger partial charge in [-0.15, -0.1) is 10.2 Å². The number of amides is 1. The number of likely N-dealkylation sites (tertiary alicyclic amines) is 1.